The normalized spacial score (nSPS) is 16.8. The van der Waals surface area contributed by atoms with Gasteiger partial charge in [-0.15, -0.1) is 0 Å². The minimum Gasteiger partial charge on any atom is -0.465 e. The number of hydrogen-bond donors (Lipinski definition) is 2. The third kappa shape index (κ3) is 6.25. The number of sulfonamides is 1. The van der Waals surface area contributed by atoms with Crippen molar-refractivity contribution in [2.75, 3.05) is 18.8 Å². The molecule has 3 rings (SSSR count). The van der Waals surface area contributed by atoms with Crippen LogP contribution in [0.25, 0.3) is 0 Å². The fourth-order valence-electron chi connectivity index (χ4n) is 3.49. The third-order valence-electron chi connectivity index (χ3n) is 5.05. The molecule has 0 saturated carbocycles. The minimum atomic E-state index is -3.67. The zero-order valence-corrected chi connectivity index (χ0v) is 17.2. The second-order valence-electron chi connectivity index (χ2n) is 7.23. The monoisotopic (exact) mass is 436 g/mol. The highest BCUT2D eigenvalue weighted by molar-refractivity contribution is 7.89. The van der Waals surface area contributed by atoms with Crippen LogP contribution in [0.3, 0.4) is 0 Å². The van der Waals surface area contributed by atoms with Gasteiger partial charge in [-0.2, -0.15) is 0 Å². The molecule has 1 saturated heterocycles. The molecule has 1 unspecified atom stereocenters. The van der Waals surface area contributed by atoms with Crippen molar-refractivity contribution in [2.24, 2.45) is 0 Å². The average Bonchev–Trinajstić information content (AvgIpc) is 2.72. The molecule has 1 aliphatic heterocycles. The molecule has 0 aliphatic carbocycles. The van der Waals surface area contributed by atoms with Crippen LogP contribution in [0.15, 0.2) is 54.6 Å². The van der Waals surface area contributed by atoms with Crippen LogP contribution in [0.4, 0.5) is 9.18 Å². The Morgan fingerprint density at radius 1 is 1.17 bits per heavy atom. The molecule has 1 heterocycles. The van der Waals surface area contributed by atoms with E-state index in [1.165, 1.54) is 16.4 Å². The molecule has 0 radical (unpaired) electrons. The first-order chi connectivity index (χ1) is 14.3. The molecular weight excluding hydrogens is 411 g/mol. The van der Waals surface area contributed by atoms with E-state index in [0.717, 1.165) is 5.56 Å². The molecule has 0 aromatic heterocycles. The van der Waals surface area contributed by atoms with E-state index in [1.54, 1.807) is 42.5 Å². The van der Waals surface area contributed by atoms with E-state index in [1.807, 2.05) is 0 Å². The SMILES string of the molecule is O=C(O)NC(CS(=O)(=O)N1CCC(OCc2cccc(F)c2)CC1)c1ccccc1. The molecule has 0 spiro atoms. The molecule has 2 N–H and O–H groups in total. The van der Waals surface area contributed by atoms with E-state index in [4.69, 9.17) is 9.84 Å². The maximum Gasteiger partial charge on any atom is 0.405 e. The molecule has 0 bridgehead atoms. The maximum atomic E-state index is 13.3. The van der Waals surface area contributed by atoms with Crippen LogP contribution in [0.5, 0.6) is 0 Å². The van der Waals surface area contributed by atoms with Crippen molar-refractivity contribution in [3.8, 4) is 0 Å². The largest absolute Gasteiger partial charge is 0.465 e. The van der Waals surface area contributed by atoms with Crippen molar-refractivity contribution in [3.05, 3.63) is 71.5 Å². The van der Waals surface area contributed by atoms with Crippen molar-refractivity contribution in [1.29, 1.82) is 0 Å². The Kier molecular flexibility index (Phi) is 7.41. The Morgan fingerprint density at radius 2 is 1.87 bits per heavy atom. The zero-order valence-electron chi connectivity index (χ0n) is 16.4. The Morgan fingerprint density at radius 3 is 2.50 bits per heavy atom. The van der Waals surface area contributed by atoms with E-state index in [2.05, 4.69) is 5.32 Å². The zero-order chi connectivity index (χ0) is 21.6. The molecule has 1 aliphatic rings. The first-order valence-electron chi connectivity index (χ1n) is 9.72. The summed E-state index contributed by atoms with van der Waals surface area (Å²) in [5.74, 6) is -0.669. The number of benzene rings is 2. The number of rotatable bonds is 8. The van der Waals surface area contributed by atoms with Gasteiger partial charge in [0, 0.05) is 13.1 Å². The number of carbonyl (C=O) groups is 1. The van der Waals surface area contributed by atoms with Gasteiger partial charge in [0.2, 0.25) is 10.0 Å². The van der Waals surface area contributed by atoms with Gasteiger partial charge in [-0.05, 0) is 36.1 Å². The summed E-state index contributed by atoms with van der Waals surface area (Å²) in [5, 5.41) is 11.4. The summed E-state index contributed by atoms with van der Waals surface area (Å²) in [4.78, 5) is 11.1. The lowest BCUT2D eigenvalue weighted by Gasteiger charge is -2.32. The molecular formula is C21H25FN2O5S. The van der Waals surface area contributed by atoms with Crippen LogP contribution >= 0.6 is 0 Å². The number of nitrogens with one attached hydrogen (secondary N) is 1. The molecule has 1 fully saturated rings. The number of halogens is 1. The Hall–Kier alpha value is -2.49. The lowest BCUT2D eigenvalue weighted by molar-refractivity contribution is 0.0101. The number of piperidine rings is 1. The molecule has 1 amide bonds. The number of carboxylic acid groups (broad SMARTS) is 1. The number of nitrogens with zero attached hydrogens (tertiary/aromatic N) is 1. The summed E-state index contributed by atoms with van der Waals surface area (Å²) in [6.45, 7) is 0.864. The highest BCUT2D eigenvalue weighted by Crippen LogP contribution is 2.22. The van der Waals surface area contributed by atoms with Crippen LogP contribution in [0.1, 0.15) is 30.0 Å². The molecule has 2 aromatic carbocycles. The molecule has 2 aromatic rings. The van der Waals surface area contributed by atoms with Crippen LogP contribution in [-0.2, 0) is 21.4 Å². The van der Waals surface area contributed by atoms with Crippen molar-refractivity contribution in [2.45, 2.75) is 31.6 Å². The van der Waals surface area contributed by atoms with Gasteiger partial charge in [-0.3, -0.25) is 0 Å². The fourth-order valence-corrected chi connectivity index (χ4v) is 5.16. The van der Waals surface area contributed by atoms with Crippen LogP contribution < -0.4 is 5.32 Å². The second-order valence-corrected chi connectivity index (χ2v) is 9.24. The van der Waals surface area contributed by atoms with Crippen LogP contribution in [0.2, 0.25) is 0 Å². The first kappa shape index (κ1) is 22.2. The van der Waals surface area contributed by atoms with Gasteiger partial charge in [0.1, 0.15) is 5.82 Å². The van der Waals surface area contributed by atoms with Gasteiger partial charge in [0.05, 0.1) is 24.5 Å². The van der Waals surface area contributed by atoms with Gasteiger partial charge in [0.15, 0.2) is 0 Å². The third-order valence-corrected chi connectivity index (χ3v) is 6.95. The molecule has 1 atom stereocenters. The van der Waals surface area contributed by atoms with E-state index in [9.17, 15) is 17.6 Å². The Labute approximate surface area is 175 Å². The molecule has 7 nitrogen and oxygen atoms in total. The van der Waals surface area contributed by atoms with E-state index < -0.39 is 22.2 Å². The molecule has 30 heavy (non-hydrogen) atoms. The summed E-state index contributed by atoms with van der Waals surface area (Å²) in [6, 6.07) is 14.0. The fraction of sp³-hybridized carbons (Fsp3) is 0.381. The smallest absolute Gasteiger partial charge is 0.405 e. The van der Waals surface area contributed by atoms with Crippen LogP contribution in [-0.4, -0.2) is 48.9 Å². The predicted molar refractivity (Wildman–Crippen MR) is 110 cm³/mol. The summed E-state index contributed by atoms with van der Waals surface area (Å²) >= 11 is 0. The van der Waals surface area contributed by atoms with Crippen molar-refractivity contribution in [3.63, 3.8) is 0 Å². The average molecular weight is 437 g/mol. The highest BCUT2D eigenvalue weighted by atomic mass is 32.2. The van der Waals surface area contributed by atoms with Crippen molar-refractivity contribution < 1.29 is 27.4 Å². The first-order valence-corrected chi connectivity index (χ1v) is 11.3. The minimum absolute atomic E-state index is 0.109. The van der Waals surface area contributed by atoms with E-state index in [0.29, 0.717) is 31.5 Å². The second kappa shape index (κ2) is 10.0. The molecule has 162 valence electrons. The summed E-state index contributed by atoms with van der Waals surface area (Å²) in [7, 11) is -3.67. The highest BCUT2D eigenvalue weighted by Gasteiger charge is 2.31. The van der Waals surface area contributed by atoms with Gasteiger partial charge in [-0.25, -0.2) is 21.9 Å². The predicted octanol–water partition coefficient (Wildman–Crippen LogP) is 3.15. The lowest BCUT2D eigenvalue weighted by atomic mass is 10.1. The van der Waals surface area contributed by atoms with Crippen LogP contribution in [0, 0.1) is 5.82 Å². The van der Waals surface area contributed by atoms with Crippen molar-refractivity contribution in [1.82, 2.24) is 9.62 Å². The van der Waals surface area contributed by atoms with E-state index in [-0.39, 0.29) is 24.3 Å². The topological polar surface area (TPSA) is 95.9 Å². The lowest BCUT2D eigenvalue weighted by Crippen LogP contribution is -2.44. The summed E-state index contributed by atoms with van der Waals surface area (Å²) in [5.41, 5.74) is 1.33. The van der Waals surface area contributed by atoms with Gasteiger partial charge in [0.25, 0.3) is 0 Å². The number of ether oxygens (including phenoxy) is 1. The van der Waals surface area contributed by atoms with Gasteiger partial charge < -0.3 is 15.2 Å². The summed E-state index contributed by atoms with van der Waals surface area (Å²) < 4.78 is 46.2. The number of amides is 1. The van der Waals surface area contributed by atoms with Gasteiger partial charge in [-0.1, -0.05) is 42.5 Å². The van der Waals surface area contributed by atoms with Crippen molar-refractivity contribution >= 4 is 16.1 Å². The van der Waals surface area contributed by atoms with Gasteiger partial charge >= 0.3 is 6.09 Å². The number of hydrogen-bond acceptors (Lipinski definition) is 4. The Bertz CT molecular complexity index is 947. The standard InChI is InChI=1S/C21H25FN2O5S/c22-18-8-4-5-16(13-18)14-29-19-9-11-24(12-10-19)30(27,28)15-20(23-21(25)26)17-6-2-1-3-7-17/h1-8,13,19-20,23H,9-12,14-15H2,(H,25,26). The quantitative estimate of drug-likeness (QED) is 0.663. The molecule has 9 heteroatoms. The maximum absolute atomic E-state index is 13.3. The Balaban J connectivity index is 1.56. The summed E-state index contributed by atoms with van der Waals surface area (Å²) in [6.07, 6.45) is -0.335. The van der Waals surface area contributed by atoms with E-state index >= 15 is 0 Å².